The molecule has 4 heteroatoms. The lowest BCUT2D eigenvalue weighted by atomic mass is 10.0. The van der Waals surface area contributed by atoms with Crippen molar-refractivity contribution in [1.82, 2.24) is 0 Å². The molecular weight excluding hydrogens is 296 g/mol. The molecule has 2 rings (SSSR count). The van der Waals surface area contributed by atoms with Crippen LogP contribution >= 0.6 is 15.9 Å². The summed E-state index contributed by atoms with van der Waals surface area (Å²) in [5.41, 5.74) is 1.22. The summed E-state index contributed by atoms with van der Waals surface area (Å²) in [6.07, 6.45) is 2.24. The van der Waals surface area contributed by atoms with Crippen LogP contribution in [0.4, 0.5) is 0 Å². The zero-order valence-corrected chi connectivity index (χ0v) is 11.8. The average molecular weight is 309 g/mol. The molecule has 0 saturated heterocycles. The van der Waals surface area contributed by atoms with Crippen molar-refractivity contribution < 1.29 is 13.9 Å². The van der Waals surface area contributed by atoms with Crippen LogP contribution < -0.4 is 4.74 Å². The minimum atomic E-state index is -0.0462. The number of benzene rings is 1. The maximum atomic E-state index is 12.4. The molecule has 0 aliphatic heterocycles. The van der Waals surface area contributed by atoms with Crippen molar-refractivity contribution >= 4 is 21.7 Å². The van der Waals surface area contributed by atoms with E-state index in [2.05, 4.69) is 15.9 Å². The molecule has 0 atom stereocenters. The molecule has 2 aromatic rings. The van der Waals surface area contributed by atoms with E-state index >= 15 is 0 Å². The van der Waals surface area contributed by atoms with E-state index in [1.165, 1.54) is 0 Å². The van der Waals surface area contributed by atoms with E-state index in [9.17, 15) is 4.79 Å². The van der Waals surface area contributed by atoms with Gasteiger partial charge in [0.25, 0.3) is 0 Å². The van der Waals surface area contributed by atoms with Gasteiger partial charge in [0, 0.05) is 16.5 Å². The number of hydrogen-bond acceptors (Lipinski definition) is 3. The fraction of sp³-hybridized carbons (Fsp3) is 0.214. The molecule has 1 aromatic heterocycles. The van der Waals surface area contributed by atoms with Crippen molar-refractivity contribution in [3.05, 3.63) is 51.9 Å². The first kappa shape index (κ1) is 12.9. The molecule has 18 heavy (non-hydrogen) atoms. The van der Waals surface area contributed by atoms with Gasteiger partial charge in [0.1, 0.15) is 11.5 Å². The van der Waals surface area contributed by atoms with E-state index in [-0.39, 0.29) is 5.78 Å². The fourth-order valence-electron chi connectivity index (χ4n) is 1.77. The molecule has 0 fully saturated rings. The summed E-state index contributed by atoms with van der Waals surface area (Å²) >= 11 is 3.39. The lowest BCUT2D eigenvalue weighted by molar-refractivity contribution is 0.103. The Morgan fingerprint density at radius 1 is 1.33 bits per heavy atom. The number of rotatable bonds is 4. The Bertz CT molecular complexity index is 572. The van der Waals surface area contributed by atoms with Gasteiger partial charge in [-0.15, -0.1) is 0 Å². The van der Waals surface area contributed by atoms with E-state index in [4.69, 9.17) is 9.15 Å². The van der Waals surface area contributed by atoms with Gasteiger partial charge >= 0.3 is 0 Å². The number of aryl methyl sites for hydroxylation is 1. The van der Waals surface area contributed by atoms with Gasteiger partial charge in [0.05, 0.1) is 18.9 Å². The molecule has 0 radical (unpaired) electrons. The number of halogens is 1. The molecule has 3 nitrogen and oxygen atoms in total. The summed E-state index contributed by atoms with van der Waals surface area (Å²) in [6.45, 7) is 1.96. The minimum Gasteiger partial charge on any atom is -0.497 e. The van der Waals surface area contributed by atoms with Crippen molar-refractivity contribution in [2.24, 2.45) is 0 Å². The van der Waals surface area contributed by atoms with Crippen LogP contribution in [0.5, 0.6) is 5.75 Å². The third-order valence-electron chi connectivity index (χ3n) is 2.73. The van der Waals surface area contributed by atoms with Crippen LogP contribution in [0.2, 0.25) is 0 Å². The van der Waals surface area contributed by atoms with Crippen molar-refractivity contribution in [1.29, 1.82) is 0 Å². The van der Waals surface area contributed by atoms with E-state index in [1.54, 1.807) is 37.6 Å². The molecule has 0 aliphatic carbocycles. The summed E-state index contributed by atoms with van der Waals surface area (Å²) < 4.78 is 11.1. The molecule has 94 valence electrons. The van der Waals surface area contributed by atoms with Crippen LogP contribution in [0.1, 0.15) is 28.6 Å². The number of ketones is 1. The van der Waals surface area contributed by atoms with Crippen LogP contribution in [0.25, 0.3) is 0 Å². The van der Waals surface area contributed by atoms with Crippen LogP contribution in [0, 0.1) is 0 Å². The predicted molar refractivity (Wildman–Crippen MR) is 72.2 cm³/mol. The van der Waals surface area contributed by atoms with Gasteiger partial charge in [-0.1, -0.05) is 6.92 Å². The molecule has 1 aromatic carbocycles. The first-order chi connectivity index (χ1) is 8.67. The molecular formula is C14H13BrO3. The highest BCUT2D eigenvalue weighted by atomic mass is 79.9. The number of methoxy groups -OCH3 is 1. The van der Waals surface area contributed by atoms with Crippen LogP contribution in [-0.2, 0) is 6.42 Å². The summed E-state index contributed by atoms with van der Waals surface area (Å²) in [4.78, 5) is 12.4. The summed E-state index contributed by atoms with van der Waals surface area (Å²) in [5, 5.41) is 0. The quantitative estimate of drug-likeness (QED) is 0.806. The summed E-state index contributed by atoms with van der Waals surface area (Å²) in [6, 6.07) is 7.00. The molecule has 0 spiro atoms. The second-order valence-corrected chi connectivity index (χ2v) is 4.64. The monoisotopic (exact) mass is 308 g/mol. The lowest BCUT2D eigenvalue weighted by Gasteiger charge is -2.06. The Kier molecular flexibility index (Phi) is 3.87. The molecule has 0 unspecified atom stereocenters. The highest BCUT2D eigenvalue weighted by Crippen LogP contribution is 2.26. The van der Waals surface area contributed by atoms with Gasteiger partial charge in [-0.2, -0.15) is 0 Å². The van der Waals surface area contributed by atoms with E-state index < -0.39 is 0 Å². The highest BCUT2D eigenvalue weighted by Gasteiger charge is 2.18. The molecule has 1 heterocycles. The molecule has 0 N–H and O–H groups in total. The zero-order chi connectivity index (χ0) is 13.1. The zero-order valence-electron chi connectivity index (χ0n) is 10.2. The minimum absolute atomic E-state index is 0.0462. The highest BCUT2D eigenvalue weighted by molar-refractivity contribution is 9.10. The summed E-state index contributed by atoms with van der Waals surface area (Å²) in [5.74, 6) is 1.37. The number of hydrogen-bond donors (Lipinski definition) is 0. The predicted octanol–water partition coefficient (Wildman–Crippen LogP) is 3.84. The van der Waals surface area contributed by atoms with Crippen molar-refractivity contribution in [2.75, 3.05) is 7.11 Å². The average Bonchev–Trinajstić information content (AvgIpc) is 2.86. The number of carbonyl (C=O) groups excluding carboxylic acids is 1. The Morgan fingerprint density at radius 3 is 2.72 bits per heavy atom. The van der Waals surface area contributed by atoms with Gasteiger partial charge in [-0.05, 0) is 40.2 Å². The Balaban J connectivity index is 2.40. The molecule has 0 bridgehead atoms. The molecule has 0 aliphatic rings. The third-order valence-corrected chi connectivity index (χ3v) is 3.39. The Morgan fingerprint density at radius 2 is 2.11 bits per heavy atom. The largest absolute Gasteiger partial charge is 0.497 e. The SMILES string of the molecule is CCc1occc1C(=O)c1ccc(OC)cc1Br. The van der Waals surface area contributed by atoms with Crippen LogP contribution in [0.3, 0.4) is 0 Å². The maximum Gasteiger partial charge on any atom is 0.197 e. The topological polar surface area (TPSA) is 39.4 Å². The lowest BCUT2D eigenvalue weighted by Crippen LogP contribution is -2.04. The standard InChI is InChI=1S/C14H13BrO3/c1-3-13-11(6-7-18-13)14(16)10-5-4-9(17-2)8-12(10)15/h4-8H,3H2,1-2H3. The number of carbonyl (C=O) groups is 1. The second kappa shape index (κ2) is 5.40. The van der Waals surface area contributed by atoms with E-state index in [0.717, 1.165) is 4.47 Å². The van der Waals surface area contributed by atoms with Gasteiger partial charge < -0.3 is 9.15 Å². The van der Waals surface area contributed by atoms with Gasteiger partial charge in [0.15, 0.2) is 5.78 Å². The van der Waals surface area contributed by atoms with Crippen LogP contribution in [0.15, 0.2) is 39.4 Å². The second-order valence-electron chi connectivity index (χ2n) is 3.79. The number of ether oxygens (including phenoxy) is 1. The molecule has 0 saturated carbocycles. The molecule has 0 amide bonds. The van der Waals surface area contributed by atoms with E-state index in [0.29, 0.717) is 29.1 Å². The van der Waals surface area contributed by atoms with Crippen molar-refractivity contribution in [3.8, 4) is 5.75 Å². The van der Waals surface area contributed by atoms with Gasteiger partial charge in [0.2, 0.25) is 0 Å². The summed E-state index contributed by atoms with van der Waals surface area (Å²) in [7, 11) is 1.59. The smallest absolute Gasteiger partial charge is 0.197 e. The van der Waals surface area contributed by atoms with Gasteiger partial charge in [-0.25, -0.2) is 0 Å². The number of furan rings is 1. The van der Waals surface area contributed by atoms with Crippen molar-refractivity contribution in [3.63, 3.8) is 0 Å². The first-order valence-electron chi connectivity index (χ1n) is 5.62. The fourth-order valence-corrected chi connectivity index (χ4v) is 2.31. The normalized spacial score (nSPS) is 10.4. The Labute approximate surface area is 114 Å². The van der Waals surface area contributed by atoms with Crippen molar-refractivity contribution in [2.45, 2.75) is 13.3 Å². The van der Waals surface area contributed by atoms with Gasteiger partial charge in [-0.3, -0.25) is 4.79 Å². The Hall–Kier alpha value is -1.55. The van der Waals surface area contributed by atoms with E-state index in [1.807, 2.05) is 6.92 Å². The third kappa shape index (κ3) is 2.34. The maximum absolute atomic E-state index is 12.4. The first-order valence-corrected chi connectivity index (χ1v) is 6.41. The van der Waals surface area contributed by atoms with Crippen LogP contribution in [-0.4, -0.2) is 12.9 Å².